The summed E-state index contributed by atoms with van der Waals surface area (Å²) in [6, 6.07) is 5.73. The molecule has 0 aliphatic carbocycles. The first-order chi connectivity index (χ1) is 7.93. The third-order valence-electron chi connectivity index (χ3n) is 2.44. The number of aromatic nitrogens is 3. The normalized spacial score (nSPS) is 19.1. The molecular formula is C11H11N3OS. The van der Waals surface area contributed by atoms with E-state index in [1.807, 2.05) is 30.0 Å². The topological polar surface area (TPSA) is 50.8 Å². The van der Waals surface area contributed by atoms with Gasteiger partial charge in [-0.15, -0.1) is 11.8 Å². The zero-order valence-corrected chi connectivity index (χ0v) is 9.41. The molecule has 1 fully saturated rings. The predicted molar refractivity (Wildman–Crippen MR) is 63.3 cm³/mol. The number of rotatable bonds is 3. The highest BCUT2D eigenvalue weighted by Gasteiger charge is 2.21. The third kappa shape index (κ3) is 1.78. The first kappa shape index (κ1) is 9.72. The van der Waals surface area contributed by atoms with Crippen molar-refractivity contribution in [2.45, 2.75) is 11.9 Å². The summed E-state index contributed by atoms with van der Waals surface area (Å²) in [4.78, 5) is 4.33. The van der Waals surface area contributed by atoms with E-state index in [9.17, 15) is 0 Å². The molecule has 82 valence electrons. The highest BCUT2D eigenvalue weighted by molar-refractivity contribution is 8.01. The molecule has 3 rings (SSSR count). The number of H-pyrrole nitrogens is 1. The molecule has 5 heteroatoms. The molecule has 2 aromatic rings. The van der Waals surface area contributed by atoms with Crippen molar-refractivity contribution in [1.29, 1.82) is 0 Å². The van der Waals surface area contributed by atoms with E-state index in [1.165, 1.54) is 5.75 Å². The minimum absolute atomic E-state index is 0.283. The molecule has 1 aliphatic rings. The monoisotopic (exact) mass is 233 g/mol. The Hall–Kier alpha value is -1.49. The number of pyridine rings is 1. The van der Waals surface area contributed by atoms with Gasteiger partial charge in [-0.2, -0.15) is 5.10 Å². The van der Waals surface area contributed by atoms with E-state index in [0.29, 0.717) is 0 Å². The van der Waals surface area contributed by atoms with Gasteiger partial charge in [0.1, 0.15) is 16.9 Å². The van der Waals surface area contributed by atoms with Crippen LogP contribution >= 0.6 is 11.8 Å². The van der Waals surface area contributed by atoms with Crippen molar-refractivity contribution in [3.05, 3.63) is 30.6 Å². The molecule has 0 radical (unpaired) electrons. The van der Waals surface area contributed by atoms with Gasteiger partial charge < -0.3 is 4.74 Å². The Morgan fingerprint density at radius 2 is 2.31 bits per heavy atom. The van der Waals surface area contributed by atoms with Crippen LogP contribution in [-0.4, -0.2) is 26.4 Å². The van der Waals surface area contributed by atoms with Crippen LogP contribution in [0.5, 0.6) is 5.75 Å². The summed E-state index contributed by atoms with van der Waals surface area (Å²) in [5.74, 6) is 2.01. The lowest BCUT2D eigenvalue weighted by atomic mass is 10.2. The van der Waals surface area contributed by atoms with Gasteiger partial charge in [-0.3, -0.25) is 10.1 Å². The van der Waals surface area contributed by atoms with Gasteiger partial charge >= 0.3 is 0 Å². The van der Waals surface area contributed by atoms with Crippen LogP contribution in [0, 0.1) is 0 Å². The van der Waals surface area contributed by atoms with Crippen LogP contribution in [0.1, 0.15) is 6.42 Å². The van der Waals surface area contributed by atoms with Gasteiger partial charge in [-0.05, 0) is 18.2 Å². The van der Waals surface area contributed by atoms with Crippen LogP contribution in [0.4, 0.5) is 0 Å². The largest absolute Gasteiger partial charge is 0.477 e. The fourth-order valence-electron chi connectivity index (χ4n) is 1.52. The molecule has 1 unspecified atom stereocenters. The van der Waals surface area contributed by atoms with E-state index in [-0.39, 0.29) is 5.44 Å². The Morgan fingerprint density at radius 1 is 1.38 bits per heavy atom. The van der Waals surface area contributed by atoms with E-state index >= 15 is 0 Å². The Kier molecular flexibility index (Phi) is 2.53. The van der Waals surface area contributed by atoms with Crippen molar-refractivity contribution in [3.63, 3.8) is 0 Å². The maximum atomic E-state index is 5.86. The van der Waals surface area contributed by atoms with Crippen molar-refractivity contribution in [3.8, 4) is 17.1 Å². The van der Waals surface area contributed by atoms with Crippen molar-refractivity contribution < 1.29 is 4.74 Å². The number of aromatic amines is 1. The number of ether oxygens (including phenoxy) is 1. The quantitative estimate of drug-likeness (QED) is 0.883. The second-order valence-corrected chi connectivity index (χ2v) is 4.79. The van der Waals surface area contributed by atoms with Crippen LogP contribution in [-0.2, 0) is 0 Å². The van der Waals surface area contributed by atoms with Gasteiger partial charge in [-0.1, -0.05) is 0 Å². The number of nitrogens with one attached hydrogen (secondary N) is 1. The van der Waals surface area contributed by atoms with Gasteiger partial charge in [0, 0.05) is 24.6 Å². The Morgan fingerprint density at radius 3 is 3.00 bits per heavy atom. The van der Waals surface area contributed by atoms with Gasteiger partial charge in [0.15, 0.2) is 0 Å². The lowest BCUT2D eigenvalue weighted by Crippen LogP contribution is -2.22. The van der Waals surface area contributed by atoms with Crippen LogP contribution < -0.4 is 4.74 Å². The summed E-state index contributed by atoms with van der Waals surface area (Å²) in [5, 5.41) is 6.83. The molecule has 0 saturated carbocycles. The van der Waals surface area contributed by atoms with Crippen molar-refractivity contribution >= 4 is 11.8 Å². The average Bonchev–Trinajstić information content (AvgIpc) is 2.77. The van der Waals surface area contributed by atoms with Gasteiger partial charge in [-0.25, -0.2) is 0 Å². The Bertz CT molecular complexity index is 468. The Balaban J connectivity index is 1.91. The highest BCUT2D eigenvalue weighted by atomic mass is 32.2. The molecule has 1 aliphatic heterocycles. The zero-order valence-electron chi connectivity index (χ0n) is 8.59. The second-order valence-electron chi connectivity index (χ2n) is 3.53. The summed E-state index contributed by atoms with van der Waals surface area (Å²) < 4.78 is 5.86. The van der Waals surface area contributed by atoms with Gasteiger partial charge in [0.25, 0.3) is 0 Å². The standard InChI is InChI=1S/C11H11N3OS/c1-2-9(15-10-4-7-16-10)11(12-5-1)8-3-6-13-14-8/h1-3,5-6,10H,4,7H2,(H,13,14). The number of hydrogen-bond donors (Lipinski definition) is 1. The molecule has 4 nitrogen and oxygen atoms in total. The van der Waals surface area contributed by atoms with E-state index in [4.69, 9.17) is 4.74 Å². The van der Waals surface area contributed by atoms with Crippen molar-refractivity contribution in [2.75, 3.05) is 5.75 Å². The zero-order chi connectivity index (χ0) is 10.8. The number of hydrogen-bond acceptors (Lipinski definition) is 4. The molecule has 3 heterocycles. The van der Waals surface area contributed by atoms with E-state index in [2.05, 4.69) is 15.2 Å². The molecule has 2 aromatic heterocycles. The van der Waals surface area contributed by atoms with Crippen LogP contribution in [0.25, 0.3) is 11.4 Å². The third-order valence-corrected chi connectivity index (χ3v) is 3.62. The molecule has 16 heavy (non-hydrogen) atoms. The minimum Gasteiger partial charge on any atom is -0.477 e. The summed E-state index contributed by atoms with van der Waals surface area (Å²) in [5.41, 5.74) is 2.00. The smallest absolute Gasteiger partial charge is 0.148 e. The van der Waals surface area contributed by atoms with Crippen molar-refractivity contribution in [2.24, 2.45) is 0 Å². The lowest BCUT2D eigenvalue weighted by Gasteiger charge is -2.26. The molecule has 0 aromatic carbocycles. The van der Waals surface area contributed by atoms with E-state index < -0.39 is 0 Å². The first-order valence-electron chi connectivity index (χ1n) is 5.16. The lowest BCUT2D eigenvalue weighted by molar-refractivity contribution is 0.272. The SMILES string of the molecule is c1cnc(-c2ccn[nH]2)c(OC2CCS2)c1. The summed E-state index contributed by atoms with van der Waals surface area (Å²) in [6.45, 7) is 0. The highest BCUT2D eigenvalue weighted by Crippen LogP contribution is 2.33. The molecule has 1 saturated heterocycles. The predicted octanol–water partition coefficient (Wildman–Crippen LogP) is 2.31. The minimum atomic E-state index is 0.283. The second kappa shape index (κ2) is 4.17. The number of nitrogens with zero attached hydrogens (tertiary/aromatic N) is 2. The molecule has 0 amide bonds. The fraction of sp³-hybridized carbons (Fsp3) is 0.273. The maximum absolute atomic E-state index is 5.86. The van der Waals surface area contributed by atoms with E-state index in [1.54, 1.807) is 12.4 Å². The first-order valence-corrected chi connectivity index (χ1v) is 6.21. The number of thioether (sulfide) groups is 1. The van der Waals surface area contributed by atoms with Gasteiger partial charge in [0.2, 0.25) is 0 Å². The molecule has 1 atom stereocenters. The molecular weight excluding hydrogens is 222 g/mol. The molecule has 0 bridgehead atoms. The van der Waals surface area contributed by atoms with E-state index in [0.717, 1.165) is 23.6 Å². The summed E-state index contributed by atoms with van der Waals surface area (Å²) in [6.07, 6.45) is 4.59. The maximum Gasteiger partial charge on any atom is 0.148 e. The van der Waals surface area contributed by atoms with Gasteiger partial charge in [0.05, 0.1) is 5.69 Å². The van der Waals surface area contributed by atoms with Crippen LogP contribution in [0.2, 0.25) is 0 Å². The fourth-order valence-corrected chi connectivity index (χ4v) is 2.12. The summed E-state index contributed by atoms with van der Waals surface area (Å²) >= 11 is 1.83. The Labute approximate surface area is 97.4 Å². The van der Waals surface area contributed by atoms with Crippen LogP contribution in [0.3, 0.4) is 0 Å². The molecule has 1 N–H and O–H groups in total. The molecule has 0 spiro atoms. The average molecular weight is 233 g/mol. The summed E-state index contributed by atoms with van der Waals surface area (Å²) in [7, 11) is 0. The van der Waals surface area contributed by atoms with Crippen molar-refractivity contribution in [1.82, 2.24) is 15.2 Å². The van der Waals surface area contributed by atoms with Crippen LogP contribution in [0.15, 0.2) is 30.6 Å².